The maximum atomic E-state index is 10.1. The summed E-state index contributed by atoms with van der Waals surface area (Å²) in [6, 6.07) is 8.21. The summed E-state index contributed by atoms with van der Waals surface area (Å²) in [6.07, 6.45) is 0.571. The van der Waals surface area contributed by atoms with Crippen LogP contribution >= 0.6 is 0 Å². The molecule has 2 rings (SSSR count). The van der Waals surface area contributed by atoms with Crippen molar-refractivity contribution in [2.24, 2.45) is 0 Å². The second-order valence-electron chi connectivity index (χ2n) is 5.68. The van der Waals surface area contributed by atoms with Crippen molar-refractivity contribution in [3.63, 3.8) is 0 Å². The molecule has 0 radical (unpaired) electrons. The first-order chi connectivity index (χ1) is 9.61. The number of benzene rings is 1. The van der Waals surface area contributed by atoms with Gasteiger partial charge in [-0.2, -0.15) is 0 Å². The van der Waals surface area contributed by atoms with Gasteiger partial charge in [-0.25, -0.2) is 0 Å². The maximum Gasteiger partial charge on any atom is 0.0900 e. The molecule has 1 aromatic rings. The Morgan fingerprint density at radius 2 is 2.10 bits per heavy atom. The molecule has 2 unspecified atom stereocenters. The van der Waals surface area contributed by atoms with Gasteiger partial charge in [-0.3, -0.25) is 4.90 Å². The van der Waals surface area contributed by atoms with Crippen LogP contribution in [0, 0.1) is 0 Å². The zero-order valence-electron chi connectivity index (χ0n) is 12.3. The molecule has 112 valence electrons. The van der Waals surface area contributed by atoms with E-state index in [9.17, 15) is 10.2 Å². The zero-order chi connectivity index (χ0) is 14.5. The molecule has 0 saturated heterocycles. The van der Waals surface area contributed by atoms with Crippen molar-refractivity contribution in [2.75, 3.05) is 26.3 Å². The van der Waals surface area contributed by atoms with Crippen molar-refractivity contribution in [2.45, 2.75) is 38.5 Å². The standard InChI is InChI=1S/C16H25NO3/c1-12(2)20-11-14(19)9-17-8-7-13-5-3-4-6-15(13)16(17)10-18/h3-6,12,14,16,18-19H,7-11H2,1-2H3. The van der Waals surface area contributed by atoms with Crippen molar-refractivity contribution in [1.82, 2.24) is 4.90 Å². The first-order valence-corrected chi connectivity index (χ1v) is 7.34. The predicted octanol–water partition coefficient (Wildman–Crippen LogP) is 1.36. The highest BCUT2D eigenvalue weighted by Gasteiger charge is 2.27. The predicted molar refractivity (Wildman–Crippen MR) is 78.6 cm³/mol. The Hall–Kier alpha value is -0.940. The number of aliphatic hydroxyl groups excluding tert-OH is 2. The van der Waals surface area contributed by atoms with Gasteiger partial charge < -0.3 is 14.9 Å². The average Bonchev–Trinajstić information content (AvgIpc) is 2.45. The Morgan fingerprint density at radius 1 is 1.35 bits per heavy atom. The van der Waals surface area contributed by atoms with Crippen molar-refractivity contribution in [3.05, 3.63) is 35.4 Å². The molecule has 20 heavy (non-hydrogen) atoms. The molecule has 1 aromatic carbocycles. The van der Waals surface area contributed by atoms with E-state index in [1.54, 1.807) is 0 Å². The van der Waals surface area contributed by atoms with E-state index in [0.717, 1.165) is 13.0 Å². The minimum atomic E-state index is -0.517. The maximum absolute atomic E-state index is 10.1. The molecule has 0 bridgehead atoms. The Bertz CT molecular complexity index is 422. The molecule has 1 heterocycles. The third-order valence-electron chi connectivity index (χ3n) is 3.76. The first kappa shape index (κ1) is 15.4. The highest BCUT2D eigenvalue weighted by atomic mass is 16.5. The lowest BCUT2D eigenvalue weighted by atomic mass is 9.93. The fourth-order valence-electron chi connectivity index (χ4n) is 2.76. The zero-order valence-corrected chi connectivity index (χ0v) is 12.3. The van der Waals surface area contributed by atoms with E-state index in [0.29, 0.717) is 13.2 Å². The number of β-amino-alcohol motifs (C(OH)–C–C–N with tert-alkyl or cyclic N) is 1. The molecule has 0 aliphatic carbocycles. The molecule has 4 nitrogen and oxygen atoms in total. The summed E-state index contributed by atoms with van der Waals surface area (Å²) in [5.74, 6) is 0. The third-order valence-corrected chi connectivity index (χ3v) is 3.76. The van der Waals surface area contributed by atoms with Crippen molar-refractivity contribution < 1.29 is 14.9 Å². The number of hydrogen-bond donors (Lipinski definition) is 2. The van der Waals surface area contributed by atoms with Gasteiger partial charge in [0, 0.05) is 13.1 Å². The number of rotatable bonds is 6. The van der Waals surface area contributed by atoms with Crippen LogP contribution in [-0.2, 0) is 11.2 Å². The lowest BCUT2D eigenvalue weighted by molar-refractivity contribution is -0.0200. The third kappa shape index (κ3) is 3.79. The summed E-state index contributed by atoms with van der Waals surface area (Å²) in [5.41, 5.74) is 2.48. The van der Waals surface area contributed by atoms with Gasteiger partial charge in [0.2, 0.25) is 0 Å². The van der Waals surface area contributed by atoms with E-state index < -0.39 is 6.10 Å². The molecule has 0 fully saturated rings. The largest absolute Gasteiger partial charge is 0.394 e. The second kappa shape index (κ2) is 7.18. The minimum absolute atomic E-state index is 0.0198. The topological polar surface area (TPSA) is 52.9 Å². The van der Waals surface area contributed by atoms with Gasteiger partial charge in [0.05, 0.1) is 31.5 Å². The molecule has 2 N–H and O–H groups in total. The molecule has 0 spiro atoms. The van der Waals surface area contributed by atoms with Crippen LogP contribution in [0.5, 0.6) is 0 Å². The number of hydrogen-bond acceptors (Lipinski definition) is 4. The van der Waals surface area contributed by atoms with Gasteiger partial charge in [-0.1, -0.05) is 24.3 Å². The summed E-state index contributed by atoms with van der Waals surface area (Å²) in [4.78, 5) is 2.15. The van der Waals surface area contributed by atoms with Crippen LogP contribution in [0.15, 0.2) is 24.3 Å². The molecule has 1 aliphatic heterocycles. The molecular weight excluding hydrogens is 254 g/mol. The van der Waals surface area contributed by atoms with E-state index in [1.165, 1.54) is 11.1 Å². The highest BCUT2D eigenvalue weighted by molar-refractivity contribution is 5.32. The van der Waals surface area contributed by atoms with Crippen LogP contribution in [0.2, 0.25) is 0 Å². The van der Waals surface area contributed by atoms with E-state index in [2.05, 4.69) is 17.0 Å². The molecule has 4 heteroatoms. The van der Waals surface area contributed by atoms with E-state index in [4.69, 9.17) is 4.74 Å². The van der Waals surface area contributed by atoms with Crippen LogP contribution in [0.1, 0.15) is 31.0 Å². The van der Waals surface area contributed by atoms with Crippen LogP contribution in [0.4, 0.5) is 0 Å². The van der Waals surface area contributed by atoms with Crippen molar-refractivity contribution in [3.8, 4) is 0 Å². The number of fused-ring (bicyclic) bond motifs is 1. The van der Waals surface area contributed by atoms with Crippen molar-refractivity contribution >= 4 is 0 Å². The van der Waals surface area contributed by atoms with Crippen LogP contribution < -0.4 is 0 Å². The van der Waals surface area contributed by atoms with E-state index >= 15 is 0 Å². The Morgan fingerprint density at radius 3 is 2.80 bits per heavy atom. The second-order valence-corrected chi connectivity index (χ2v) is 5.68. The molecule has 2 atom stereocenters. The monoisotopic (exact) mass is 279 g/mol. The Labute approximate surface area is 121 Å². The Kier molecular flexibility index (Phi) is 5.54. The summed E-state index contributed by atoms with van der Waals surface area (Å²) < 4.78 is 5.44. The molecule has 0 saturated carbocycles. The number of nitrogens with zero attached hydrogens (tertiary/aromatic N) is 1. The first-order valence-electron chi connectivity index (χ1n) is 7.34. The van der Waals surface area contributed by atoms with Gasteiger partial charge >= 0.3 is 0 Å². The van der Waals surface area contributed by atoms with Gasteiger partial charge in [0.25, 0.3) is 0 Å². The van der Waals surface area contributed by atoms with Crippen LogP contribution in [0.25, 0.3) is 0 Å². The number of aliphatic hydroxyl groups is 2. The number of ether oxygens (including phenoxy) is 1. The summed E-state index contributed by atoms with van der Waals surface area (Å²) in [7, 11) is 0. The molecular formula is C16H25NO3. The molecule has 1 aliphatic rings. The highest BCUT2D eigenvalue weighted by Crippen LogP contribution is 2.29. The van der Waals surface area contributed by atoms with E-state index in [1.807, 2.05) is 26.0 Å². The van der Waals surface area contributed by atoms with Gasteiger partial charge in [-0.15, -0.1) is 0 Å². The van der Waals surface area contributed by atoms with Gasteiger partial charge in [0.1, 0.15) is 0 Å². The summed E-state index contributed by atoms with van der Waals surface area (Å²) in [6.45, 7) is 5.73. The normalized spacial score (nSPS) is 20.9. The van der Waals surface area contributed by atoms with Crippen LogP contribution in [-0.4, -0.2) is 53.6 Å². The lowest BCUT2D eigenvalue weighted by Gasteiger charge is -2.37. The van der Waals surface area contributed by atoms with Gasteiger partial charge in [0.15, 0.2) is 0 Å². The average molecular weight is 279 g/mol. The van der Waals surface area contributed by atoms with Crippen molar-refractivity contribution in [1.29, 1.82) is 0 Å². The summed E-state index contributed by atoms with van der Waals surface area (Å²) in [5, 5.41) is 19.7. The molecule has 0 aromatic heterocycles. The van der Waals surface area contributed by atoms with E-state index in [-0.39, 0.29) is 18.8 Å². The summed E-state index contributed by atoms with van der Waals surface area (Å²) >= 11 is 0. The Balaban J connectivity index is 1.99. The lowest BCUT2D eigenvalue weighted by Crippen LogP contribution is -2.43. The van der Waals surface area contributed by atoms with Crippen LogP contribution in [0.3, 0.4) is 0 Å². The quantitative estimate of drug-likeness (QED) is 0.825. The van der Waals surface area contributed by atoms with Gasteiger partial charge in [-0.05, 0) is 31.4 Å². The minimum Gasteiger partial charge on any atom is -0.394 e. The fourth-order valence-corrected chi connectivity index (χ4v) is 2.76. The fraction of sp³-hybridized carbons (Fsp3) is 0.625. The smallest absolute Gasteiger partial charge is 0.0900 e. The molecule has 0 amide bonds. The SMILES string of the molecule is CC(C)OCC(O)CN1CCc2ccccc2C1CO.